The zero-order valence-electron chi connectivity index (χ0n) is 19.0. The highest BCUT2D eigenvalue weighted by Gasteiger charge is 2.30. The molecule has 0 aliphatic carbocycles. The zero-order chi connectivity index (χ0) is 22.9. The first kappa shape index (κ1) is 21.5. The minimum absolute atomic E-state index is 0.0127. The van der Waals surface area contributed by atoms with Gasteiger partial charge in [-0.3, -0.25) is 14.5 Å². The summed E-state index contributed by atoms with van der Waals surface area (Å²) < 4.78 is 5.16. The first-order valence-corrected chi connectivity index (χ1v) is 11.4. The fourth-order valence-electron chi connectivity index (χ4n) is 4.39. The number of aromatic nitrogens is 2. The Morgan fingerprint density at radius 2 is 1.88 bits per heavy atom. The Labute approximate surface area is 193 Å². The van der Waals surface area contributed by atoms with Crippen LogP contribution < -0.4 is 4.90 Å². The van der Waals surface area contributed by atoms with E-state index in [0.717, 1.165) is 16.7 Å². The normalized spacial score (nSPS) is 15.6. The van der Waals surface area contributed by atoms with Crippen LogP contribution in [0.2, 0.25) is 0 Å². The maximum absolute atomic E-state index is 12.8. The molecule has 0 bridgehead atoms. The van der Waals surface area contributed by atoms with Crippen molar-refractivity contribution < 1.29 is 14.3 Å². The van der Waals surface area contributed by atoms with Gasteiger partial charge >= 0.3 is 0 Å². The highest BCUT2D eigenvalue weighted by atomic mass is 16.5. The van der Waals surface area contributed by atoms with Gasteiger partial charge in [-0.2, -0.15) is 0 Å². The second-order valence-electron chi connectivity index (χ2n) is 9.17. The number of benzene rings is 2. The summed E-state index contributed by atoms with van der Waals surface area (Å²) in [5, 5.41) is 0. The molecule has 6 heteroatoms. The molecule has 0 unspecified atom stereocenters. The molecule has 0 N–H and O–H groups in total. The summed E-state index contributed by atoms with van der Waals surface area (Å²) in [5.74, 6) is 2.14. The van der Waals surface area contributed by atoms with E-state index >= 15 is 0 Å². The number of hydrogen-bond donors (Lipinski definition) is 0. The van der Waals surface area contributed by atoms with Crippen LogP contribution in [0.25, 0.3) is 11.4 Å². The van der Waals surface area contributed by atoms with Crippen molar-refractivity contribution in [1.29, 1.82) is 0 Å². The van der Waals surface area contributed by atoms with Gasteiger partial charge in [0.15, 0.2) is 11.6 Å². The van der Waals surface area contributed by atoms with Crippen molar-refractivity contribution in [2.75, 3.05) is 18.1 Å². The molecular weight excluding hydrogens is 414 g/mol. The molecule has 1 aromatic heterocycles. The van der Waals surface area contributed by atoms with Gasteiger partial charge in [-0.15, -0.1) is 0 Å². The lowest BCUT2D eigenvalue weighted by Crippen LogP contribution is -2.29. The first-order chi connectivity index (χ1) is 16.0. The van der Waals surface area contributed by atoms with Crippen LogP contribution in [0.1, 0.15) is 53.2 Å². The van der Waals surface area contributed by atoms with Crippen LogP contribution in [0.4, 0.5) is 5.82 Å². The minimum atomic E-state index is 0.0127. The second-order valence-corrected chi connectivity index (χ2v) is 9.17. The summed E-state index contributed by atoms with van der Waals surface area (Å²) in [6.45, 7) is 6.06. The van der Waals surface area contributed by atoms with Crippen molar-refractivity contribution in [1.82, 2.24) is 9.97 Å². The number of ether oxygens (including phenoxy) is 1. The maximum atomic E-state index is 12.8. The molecule has 1 fully saturated rings. The molecule has 0 atom stereocenters. The van der Waals surface area contributed by atoms with E-state index < -0.39 is 0 Å². The van der Waals surface area contributed by atoms with E-state index in [9.17, 15) is 9.59 Å². The average molecular weight is 442 g/mol. The van der Waals surface area contributed by atoms with Gasteiger partial charge in [0.25, 0.3) is 0 Å². The number of carbonyl (C=O) groups excluding carboxylic acids is 2. The molecule has 2 aromatic carbocycles. The number of carbonyl (C=O) groups is 2. The highest BCUT2D eigenvalue weighted by molar-refractivity contribution is 6.00. The summed E-state index contributed by atoms with van der Waals surface area (Å²) in [5.41, 5.74) is 4.69. The lowest BCUT2D eigenvalue weighted by molar-refractivity contribution is -0.117. The monoisotopic (exact) mass is 441 g/mol. The van der Waals surface area contributed by atoms with Crippen LogP contribution in [0.15, 0.2) is 54.7 Å². The van der Waals surface area contributed by atoms with Gasteiger partial charge in [-0.05, 0) is 17.0 Å². The predicted octanol–water partition coefficient (Wildman–Crippen LogP) is 4.58. The van der Waals surface area contributed by atoms with E-state index in [1.807, 2.05) is 42.5 Å². The van der Waals surface area contributed by atoms with Crippen LogP contribution in [-0.2, 0) is 22.5 Å². The largest absolute Gasteiger partial charge is 0.381 e. The minimum Gasteiger partial charge on any atom is -0.381 e. The fraction of sp³-hybridized carbons (Fsp3) is 0.333. The smallest absolute Gasteiger partial charge is 0.233 e. The summed E-state index contributed by atoms with van der Waals surface area (Å²) in [6, 6.07) is 15.7. The van der Waals surface area contributed by atoms with Gasteiger partial charge in [-0.25, -0.2) is 9.97 Å². The van der Waals surface area contributed by atoms with Crippen LogP contribution in [0.5, 0.6) is 0 Å². The average Bonchev–Trinajstić information content (AvgIpc) is 3.10. The van der Waals surface area contributed by atoms with Gasteiger partial charge < -0.3 is 4.74 Å². The van der Waals surface area contributed by atoms with Crippen LogP contribution >= 0.6 is 0 Å². The summed E-state index contributed by atoms with van der Waals surface area (Å²) in [4.78, 5) is 36.3. The molecule has 33 heavy (non-hydrogen) atoms. The van der Waals surface area contributed by atoms with Crippen LogP contribution in [0, 0.1) is 5.92 Å². The van der Waals surface area contributed by atoms with Gasteiger partial charge in [0.2, 0.25) is 5.91 Å². The van der Waals surface area contributed by atoms with E-state index in [1.54, 1.807) is 11.1 Å². The van der Waals surface area contributed by atoms with Gasteiger partial charge in [0.1, 0.15) is 5.82 Å². The van der Waals surface area contributed by atoms with E-state index in [1.165, 1.54) is 5.56 Å². The number of rotatable bonds is 7. The number of Topliss-reactive ketones (excluding diaryl/α,β-unsaturated/α-hetero) is 1. The molecule has 2 aliphatic heterocycles. The van der Waals surface area contributed by atoms with Gasteiger partial charge in [-0.1, -0.05) is 62.4 Å². The van der Waals surface area contributed by atoms with E-state index in [0.29, 0.717) is 61.6 Å². The van der Waals surface area contributed by atoms with Crippen LogP contribution in [0.3, 0.4) is 0 Å². The number of fused-ring (bicyclic) bond motifs is 1. The molecule has 0 saturated carbocycles. The Morgan fingerprint density at radius 3 is 2.58 bits per heavy atom. The zero-order valence-corrected chi connectivity index (χ0v) is 19.0. The van der Waals surface area contributed by atoms with Crippen molar-refractivity contribution in [2.45, 2.75) is 39.2 Å². The van der Waals surface area contributed by atoms with Crippen molar-refractivity contribution >= 4 is 17.5 Å². The first-order valence-electron chi connectivity index (χ1n) is 11.4. The van der Waals surface area contributed by atoms with Crippen molar-refractivity contribution in [3.8, 4) is 11.4 Å². The number of anilines is 1. The van der Waals surface area contributed by atoms with Crippen molar-refractivity contribution in [3.05, 3.63) is 77.0 Å². The maximum Gasteiger partial charge on any atom is 0.233 e. The number of hydrogen-bond acceptors (Lipinski definition) is 5. The molecule has 168 valence electrons. The Kier molecular flexibility index (Phi) is 5.77. The molecule has 3 heterocycles. The molecule has 0 spiro atoms. The summed E-state index contributed by atoms with van der Waals surface area (Å²) >= 11 is 0. The molecule has 1 saturated heterocycles. The quantitative estimate of drug-likeness (QED) is 0.502. The van der Waals surface area contributed by atoms with Gasteiger partial charge in [0, 0.05) is 35.2 Å². The van der Waals surface area contributed by atoms with Gasteiger partial charge in [0.05, 0.1) is 26.2 Å². The molecule has 3 aromatic rings. The topological polar surface area (TPSA) is 72.4 Å². The fourth-order valence-corrected chi connectivity index (χ4v) is 4.39. The highest BCUT2D eigenvalue weighted by Crippen LogP contribution is 2.32. The standard InChI is InChI=1S/C27H27N3O3/c1-17(2)22-5-3-4-6-23(22)26-28-13-21-12-25(32)30(27(21)29-26)14-18-7-9-20(10-8-18)24(31)11-19-15-33-16-19/h3-10,13,17,19H,11-12,14-16H2,1-2H3. The van der Waals surface area contributed by atoms with E-state index in [2.05, 4.69) is 24.9 Å². The molecule has 2 aliphatic rings. The molecule has 1 amide bonds. The van der Waals surface area contributed by atoms with E-state index in [4.69, 9.17) is 9.72 Å². The van der Waals surface area contributed by atoms with E-state index in [-0.39, 0.29) is 11.7 Å². The summed E-state index contributed by atoms with van der Waals surface area (Å²) in [6.07, 6.45) is 2.61. The van der Waals surface area contributed by atoms with Crippen LogP contribution in [-0.4, -0.2) is 34.9 Å². The molecular formula is C27H27N3O3. The number of ketones is 1. The molecule has 5 rings (SSSR count). The SMILES string of the molecule is CC(C)c1ccccc1-c1ncc2c(n1)N(Cc1ccc(C(=O)CC3COC3)cc1)C(=O)C2. The predicted molar refractivity (Wildman–Crippen MR) is 126 cm³/mol. The molecule has 0 radical (unpaired) electrons. The Balaban J connectivity index is 1.37. The van der Waals surface area contributed by atoms with Crippen molar-refractivity contribution in [2.24, 2.45) is 5.92 Å². The van der Waals surface area contributed by atoms with Crippen molar-refractivity contribution in [3.63, 3.8) is 0 Å². The Hall–Kier alpha value is -3.38. The number of amides is 1. The summed E-state index contributed by atoms with van der Waals surface area (Å²) in [7, 11) is 0. The third-order valence-corrected chi connectivity index (χ3v) is 6.36. The number of nitrogens with zero attached hydrogens (tertiary/aromatic N) is 3. The third-order valence-electron chi connectivity index (χ3n) is 6.36. The third kappa shape index (κ3) is 4.31. The Morgan fingerprint density at radius 1 is 1.12 bits per heavy atom. The Bertz CT molecular complexity index is 1200. The lowest BCUT2D eigenvalue weighted by Gasteiger charge is -2.25. The molecule has 6 nitrogen and oxygen atoms in total. The second kappa shape index (κ2) is 8.87. The lowest BCUT2D eigenvalue weighted by atomic mass is 9.96.